The summed E-state index contributed by atoms with van der Waals surface area (Å²) in [6.07, 6.45) is 0.790. The van der Waals surface area contributed by atoms with Gasteiger partial charge in [-0.25, -0.2) is 4.39 Å². The smallest absolute Gasteiger partial charge is 0.244 e. The fourth-order valence-electron chi connectivity index (χ4n) is 4.12. The Morgan fingerprint density at radius 1 is 1.12 bits per heavy atom. The summed E-state index contributed by atoms with van der Waals surface area (Å²) in [6, 6.07) is 17.1. The number of para-hydroxylation sites is 1. The Labute approximate surface area is 149 Å². The number of piperazine rings is 1. The molecule has 3 nitrogen and oxygen atoms in total. The maximum absolute atomic E-state index is 14.1. The first-order valence-electron chi connectivity index (χ1n) is 8.50. The van der Waals surface area contributed by atoms with Gasteiger partial charge in [0.2, 0.25) is 5.91 Å². The third kappa shape index (κ3) is 2.38. The number of rotatable bonds is 3. The molecule has 1 amide bonds. The molecule has 2 aliphatic rings. The predicted octanol–water partition coefficient (Wildman–Crippen LogP) is 4.03. The number of amides is 1. The van der Waals surface area contributed by atoms with E-state index in [0.717, 1.165) is 19.5 Å². The summed E-state index contributed by atoms with van der Waals surface area (Å²) in [5.74, 6) is -0.290. The zero-order valence-corrected chi connectivity index (χ0v) is 14.4. The monoisotopic (exact) mass is 352 g/mol. The second-order valence-corrected chi connectivity index (χ2v) is 7.91. The molecule has 2 atom stereocenters. The number of benzene rings is 2. The average Bonchev–Trinajstić information content (AvgIpc) is 3.28. The Balaban J connectivity index is 1.38. The number of anilines is 1. The molecule has 3 heterocycles. The highest BCUT2D eigenvalue weighted by atomic mass is 32.1. The second kappa shape index (κ2) is 5.64. The van der Waals surface area contributed by atoms with E-state index in [0.29, 0.717) is 5.69 Å². The second-order valence-electron chi connectivity index (χ2n) is 6.74. The van der Waals surface area contributed by atoms with Crippen LogP contribution in [-0.4, -0.2) is 29.4 Å². The van der Waals surface area contributed by atoms with Crippen LogP contribution in [0.25, 0.3) is 10.1 Å². The van der Waals surface area contributed by atoms with Crippen molar-refractivity contribution in [2.24, 2.45) is 0 Å². The quantitative estimate of drug-likeness (QED) is 0.710. The minimum Gasteiger partial charge on any atom is -0.304 e. The molecule has 2 fully saturated rings. The molecular formula is C20H17FN2OS. The van der Waals surface area contributed by atoms with Crippen molar-refractivity contribution in [3.8, 4) is 0 Å². The molecule has 5 heteroatoms. The minimum absolute atomic E-state index is 0.0301. The Hall–Kier alpha value is -2.24. The highest BCUT2D eigenvalue weighted by Gasteiger charge is 2.50. The normalized spacial score (nSPS) is 23.1. The van der Waals surface area contributed by atoms with Gasteiger partial charge in [-0.2, -0.15) is 0 Å². The van der Waals surface area contributed by atoms with Crippen molar-refractivity contribution in [2.45, 2.75) is 25.0 Å². The summed E-state index contributed by atoms with van der Waals surface area (Å²) in [4.78, 5) is 18.0. The summed E-state index contributed by atoms with van der Waals surface area (Å²) < 4.78 is 15.4. The Kier molecular flexibility index (Phi) is 3.40. The molecule has 126 valence electrons. The average molecular weight is 352 g/mol. The molecule has 0 saturated carbocycles. The molecule has 0 aliphatic carbocycles. The van der Waals surface area contributed by atoms with E-state index in [4.69, 9.17) is 0 Å². The molecule has 2 saturated heterocycles. The number of hydrogen-bond donors (Lipinski definition) is 0. The summed E-state index contributed by atoms with van der Waals surface area (Å²) >= 11 is 1.79. The molecule has 5 rings (SSSR count). The van der Waals surface area contributed by atoms with Gasteiger partial charge < -0.3 is 4.90 Å². The zero-order chi connectivity index (χ0) is 17.0. The lowest BCUT2D eigenvalue weighted by Crippen LogP contribution is -2.50. The summed E-state index contributed by atoms with van der Waals surface area (Å²) in [6.45, 7) is 1.59. The number of carbonyl (C=O) groups is 1. The van der Waals surface area contributed by atoms with E-state index in [1.165, 1.54) is 21.0 Å². The van der Waals surface area contributed by atoms with Gasteiger partial charge in [-0.05, 0) is 36.1 Å². The Morgan fingerprint density at radius 3 is 2.72 bits per heavy atom. The van der Waals surface area contributed by atoms with Crippen LogP contribution in [0.5, 0.6) is 0 Å². The first-order valence-corrected chi connectivity index (χ1v) is 9.31. The number of thiophene rings is 1. The predicted molar refractivity (Wildman–Crippen MR) is 98.3 cm³/mol. The number of likely N-dealkylation sites (tertiary alicyclic amines) is 1. The molecule has 0 unspecified atom stereocenters. The molecular weight excluding hydrogens is 335 g/mol. The molecule has 0 spiro atoms. The molecule has 0 radical (unpaired) electrons. The highest BCUT2D eigenvalue weighted by Crippen LogP contribution is 2.38. The largest absolute Gasteiger partial charge is 0.304 e. The van der Waals surface area contributed by atoms with Crippen LogP contribution in [-0.2, 0) is 11.3 Å². The van der Waals surface area contributed by atoms with Gasteiger partial charge in [-0.15, -0.1) is 11.3 Å². The van der Waals surface area contributed by atoms with Crippen LogP contribution < -0.4 is 4.90 Å². The van der Waals surface area contributed by atoms with E-state index >= 15 is 0 Å². The lowest BCUT2D eigenvalue weighted by molar-refractivity contribution is -0.122. The Morgan fingerprint density at radius 2 is 1.92 bits per heavy atom. The zero-order valence-electron chi connectivity index (χ0n) is 13.6. The first-order chi connectivity index (χ1) is 12.2. The lowest BCUT2D eigenvalue weighted by atomic mass is 10.2. The van der Waals surface area contributed by atoms with Crippen molar-refractivity contribution in [3.63, 3.8) is 0 Å². The number of fused-ring (bicyclic) bond motifs is 3. The van der Waals surface area contributed by atoms with Crippen LogP contribution in [0, 0.1) is 5.82 Å². The van der Waals surface area contributed by atoms with E-state index in [2.05, 4.69) is 29.2 Å². The molecule has 3 aromatic rings. The third-order valence-electron chi connectivity index (χ3n) is 5.22. The summed E-state index contributed by atoms with van der Waals surface area (Å²) in [5.41, 5.74) is 0.418. The minimum atomic E-state index is -0.320. The maximum atomic E-state index is 14.1. The van der Waals surface area contributed by atoms with Crippen LogP contribution in [0.4, 0.5) is 10.1 Å². The van der Waals surface area contributed by atoms with Crippen molar-refractivity contribution < 1.29 is 9.18 Å². The Bertz CT molecular complexity index is 936. The lowest BCUT2D eigenvalue weighted by Gasteiger charge is -2.33. The van der Waals surface area contributed by atoms with Crippen LogP contribution in [0.1, 0.15) is 11.3 Å². The highest BCUT2D eigenvalue weighted by molar-refractivity contribution is 7.19. The summed E-state index contributed by atoms with van der Waals surface area (Å²) in [7, 11) is 0. The fraction of sp³-hybridized carbons (Fsp3) is 0.250. The molecule has 2 aliphatic heterocycles. The number of halogens is 1. The standard InChI is InChI=1S/C20H17FN2OS/c21-16-6-2-3-7-17(16)23-14-10-18(20(23)24)22(11-14)12-15-9-13-5-1-4-8-19(13)25-15/h1-9,14,18H,10-12H2/t14-,18-/m0/s1. The van der Waals surface area contributed by atoms with Gasteiger partial charge in [0.1, 0.15) is 5.82 Å². The first kappa shape index (κ1) is 15.0. The SMILES string of the molecule is O=C1[C@@H]2C[C@@H](CN2Cc2cc3ccccc3s2)N1c1ccccc1F. The van der Waals surface area contributed by atoms with Crippen molar-refractivity contribution in [1.82, 2.24) is 4.90 Å². The topological polar surface area (TPSA) is 23.6 Å². The van der Waals surface area contributed by atoms with Crippen molar-refractivity contribution in [3.05, 3.63) is 65.3 Å². The van der Waals surface area contributed by atoms with Crippen molar-refractivity contribution in [1.29, 1.82) is 0 Å². The van der Waals surface area contributed by atoms with E-state index in [9.17, 15) is 9.18 Å². The summed E-state index contributed by atoms with van der Waals surface area (Å²) in [5, 5.41) is 1.26. The molecule has 25 heavy (non-hydrogen) atoms. The fourth-order valence-corrected chi connectivity index (χ4v) is 5.21. The van der Waals surface area contributed by atoms with Crippen LogP contribution >= 0.6 is 11.3 Å². The van der Waals surface area contributed by atoms with Gasteiger partial charge >= 0.3 is 0 Å². The van der Waals surface area contributed by atoms with Gasteiger partial charge in [0.05, 0.1) is 17.8 Å². The number of hydrogen-bond acceptors (Lipinski definition) is 3. The third-order valence-corrected chi connectivity index (χ3v) is 6.32. The molecule has 2 aromatic carbocycles. The molecule has 2 bridgehead atoms. The van der Waals surface area contributed by atoms with Crippen LogP contribution in [0.15, 0.2) is 54.6 Å². The van der Waals surface area contributed by atoms with Crippen molar-refractivity contribution >= 4 is 33.0 Å². The number of nitrogens with zero attached hydrogens (tertiary/aromatic N) is 2. The van der Waals surface area contributed by atoms with E-state index in [1.807, 2.05) is 6.07 Å². The molecule has 0 N–H and O–H groups in total. The van der Waals surface area contributed by atoms with Gasteiger partial charge in [0, 0.05) is 22.7 Å². The van der Waals surface area contributed by atoms with E-state index < -0.39 is 0 Å². The van der Waals surface area contributed by atoms with Crippen LogP contribution in [0.2, 0.25) is 0 Å². The van der Waals surface area contributed by atoms with Gasteiger partial charge in [0.15, 0.2) is 0 Å². The number of carbonyl (C=O) groups excluding carboxylic acids is 1. The van der Waals surface area contributed by atoms with E-state index in [1.54, 1.807) is 34.4 Å². The van der Waals surface area contributed by atoms with Crippen molar-refractivity contribution in [2.75, 3.05) is 11.4 Å². The van der Waals surface area contributed by atoms with Crippen LogP contribution in [0.3, 0.4) is 0 Å². The van der Waals surface area contributed by atoms with E-state index in [-0.39, 0.29) is 23.8 Å². The maximum Gasteiger partial charge on any atom is 0.244 e. The van der Waals surface area contributed by atoms with Gasteiger partial charge in [-0.3, -0.25) is 9.69 Å². The molecule has 1 aromatic heterocycles. The van der Waals surface area contributed by atoms with Gasteiger partial charge in [0.25, 0.3) is 0 Å². The van der Waals surface area contributed by atoms with Gasteiger partial charge in [-0.1, -0.05) is 30.3 Å².